The van der Waals surface area contributed by atoms with Gasteiger partial charge in [0.05, 0.1) is 25.0 Å². The first kappa shape index (κ1) is 25.4. The maximum absolute atomic E-state index is 12.1. The number of rotatable bonds is 8. The van der Waals surface area contributed by atoms with Gasteiger partial charge in [0.1, 0.15) is 5.84 Å². The van der Waals surface area contributed by atoms with Gasteiger partial charge < -0.3 is 9.64 Å². The number of amidine groups is 1. The zero-order valence-electron chi connectivity index (χ0n) is 20.9. The highest BCUT2D eigenvalue weighted by Gasteiger charge is 2.39. The van der Waals surface area contributed by atoms with Crippen LogP contribution in [0.1, 0.15) is 76.7 Å². The van der Waals surface area contributed by atoms with E-state index in [-0.39, 0.29) is 18.2 Å². The number of nitrogens with zero attached hydrogens (tertiary/aromatic N) is 2. The zero-order chi connectivity index (χ0) is 24.1. The Kier molecular flexibility index (Phi) is 8.48. The lowest BCUT2D eigenvalue weighted by Crippen LogP contribution is -2.50. The Balaban J connectivity index is 1.40. The van der Waals surface area contributed by atoms with E-state index in [1.807, 2.05) is 6.20 Å². The van der Waals surface area contributed by atoms with Crippen molar-refractivity contribution in [2.24, 2.45) is 10.9 Å². The third-order valence-corrected chi connectivity index (χ3v) is 8.55. The van der Waals surface area contributed by atoms with Crippen molar-refractivity contribution in [2.45, 2.75) is 89.3 Å². The molecule has 1 saturated carbocycles. The van der Waals surface area contributed by atoms with E-state index in [0.717, 1.165) is 63.7 Å². The summed E-state index contributed by atoms with van der Waals surface area (Å²) in [6.07, 6.45) is 11.9. The summed E-state index contributed by atoms with van der Waals surface area (Å²) in [7, 11) is -3.29. The molecule has 4 rings (SSSR count). The minimum atomic E-state index is -3.29. The average Bonchev–Trinajstić information content (AvgIpc) is 3.21. The molecule has 3 atom stereocenters. The van der Waals surface area contributed by atoms with Gasteiger partial charge >= 0.3 is 0 Å². The molecule has 34 heavy (non-hydrogen) atoms. The van der Waals surface area contributed by atoms with Gasteiger partial charge in [-0.25, -0.2) is 18.1 Å². The first-order valence-corrected chi connectivity index (χ1v) is 14.9. The SMILES string of the molecule is CCCC1CC(N2CC[C@H](NS(C)(=O)=O)[C@@H]2COC2CCC(c3ccccc3)CC2)=NC=C1C. The van der Waals surface area contributed by atoms with E-state index in [9.17, 15) is 8.42 Å². The number of aliphatic imine (C=N–C) groups is 1. The summed E-state index contributed by atoms with van der Waals surface area (Å²) in [6, 6.07) is 10.6. The Labute approximate surface area is 205 Å². The van der Waals surface area contributed by atoms with Crippen molar-refractivity contribution in [2.75, 3.05) is 19.4 Å². The van der Waals surface area contributed by atoms with Gasteiger partial charge in [0.15, 0.2) is 0 Å². The summed E-state index contributed by atoms with van der Waals surface area (Å²) in [4.78, 5) is 7.12. The molecular weight excluding hydrogens is 446 g/mol. The molecule has 1 saturated heterocycles. The number of benzene rings is 1. The van der Waals surface area contributed by atoms with Crippen molar-refractivity contribution in [3.05, 3.63) is 47.7 Å². The third kappa shape index (κ3) is 6.49. The lowest BCUT2D eigenvalue weighted by atomic mass is 9.83. The molecule has 1 unspecified atom stereocenters. The minimum absolute atomic E-state index is 0.0191. The van der Waals surface area contributed by atoms with Gasteiger partial charge in [0.2, 0.25) is 10.0 Å². The quantitative estimate of drug-likeness (QED) is 0.569. The second-order valence-electron chi connectivity index (χ2n) is 10.4. The van der Waals surface area contributed by atoms with E-state index in [0.29, 0.717) is 18.4 Å². The normalized spacial score (nSPS) is 30.2. The molecule has 188 valence electrons. The van der Waals surface area contributed by atoms with Crippen LogP contribution < -0.4 is 4.72 Å². The van der Waals surface area contributed by atoms with E-state index in [1.54, 1.807) is 0 Å². The van der Waals surface area contributed by atoms with E-state index in [4.69, 9.17) is 9.73 Å². The van der Waals surface area contributed by atoms with Crippen LogP contribution >= 0.6 is 0 Å². The number of allylic oxidation sites excluding steroid dienone is 1. The summed E-state index contributed by atoms with van der Waals surface area (Å²) < 4.78 is 33.5. The molecule has 0 amide bonds. The van der Waals surface area contributed by atoms with Gasteiger partial charge in [-0.2, -0.15) is 0 Å². The van der Waals surface area contributed by atoms with Crippen molar-refractivity contribution >= 4 is 15.9 Å². The predicted molar refractivity (Wildman–Crippen MR) is 138 cm³/mol. The van der Waals surface area contributed by atoms with E-state index >= 15 is 0 Å². The lowest BCUT2D eigenvalue weighted by molar-refractivity contribution is 0.00223. The molecule has 2 fully saturated rings. The lowest BCUT2D eigenvalue weighted by Gasteiger charge is -2.35. The molecule has 1 N–H and O–H groups in total. The molecule has 7 heteroatoms. The first-order valence-electron chi connectivity index (χ1n) is 13.0. The predicted octanol–water partition coefficient (Wildman–Crippen LogP) is 4.84. The van der Waals surface area contributed by atoms with Crippen LogP contribution in [0.25, 0.3) is 0 Å². The van der Waals surface area contributed by atoms with Gasteiger partial charge in [-0.3, -0.25) is 0 Å². The summed E-state index contributed by atoms with van der Waals surface area (Å²) in [5.41, 5.74) is 2.78. The minimum Gasteiger partial charge on any atom is -0.376 e. The largest absolute Gasteiger partial charge is 0.376 e. The fourth-order valence-electron chi connectivity index (χ4n) is 5.90. The molecule has 6 nitrogen and oxygen atoms in total. The summed E-state index contributed by atoms with van der Waals surface area (Å²) in [6.45, 7) is 5.75. The fourth-order valence-corrected chi connectivity index (χ4v) is 6.73. The number of hydrogen-bond donors (Lipinski definition) is 1. The van der Waals surface area contributed by atoms with Gasteiger partial charge in [-0.05, 0) is 62.8 Å². The molecule has 0 bridgehead atoms. The molecule has 0 spiro atoms. The van der Waals surface area contributed by atoms with Gasteiger partial charge in [0.25, 0.3) is 0 Å². The number of nitrogens with one attached hydrogen (secondary N) is 1. The standard InChI is InChI=1S/C27H41N3O3S/c1-4-8-23-17-27(28-18-20(23)2)30-16-15-25(29-34(3,31)32)26(30)19-33-24-13-11-22(12-14-24)21-9-6-5-7-10-21/h5-7,9-10,18,22-26,29H,4,8,11-17,19H2,1-3H3/t22?,23?,24?,25-,26-/m0/s1. The highest BCUT2D eigenvalue weighted by molar-refractivity contribution is 7.88. The Bertz CT molecular complexity index is 968. The summed E-state index contributed by atoms with van der Waals surface area (Å²) in [5.74, 6) is 2.23. The Morgan fingerprint density at radius 3 is 2.53 bits per heavy atom. The summed E-state index contributed by atoms with van der Waals surface area (Å²) >= 11 is 0. The molecule has 3 aliphatic rings. The van der Waals surface area contributed by atoms with Gasteiger partial charge in [0, 0.05) is 25.2 Å². The maximum atomic E-state index is 12.1. The molecular formula is C27H41N3O3S. The van der Waals surface area contributed by atoms with Crippen molar-refractivity contribution in [1.29, 1.82) is 0 Å². The monoisotopic (exact) mass is 487 g/mol. The van der Waals surface area contributed by atoms with Crippen LogP contribution in [-0.4, -0.2) is 56.7 Å². The van der Waals surface area contributed by atoms with Crippen molar-refractivity contribution in [3.63, 3.8) is 0 Å². The fraction of sp³-hybridized carbons (Fsp3) is 0.667. The zero-order valence-corrected chi connectivity index (χ0v) is 21.8. The molecule has 1 aromatic rings. The first-order chi connectivity index (χ1) is 16.3. The summed E-state index contributed by atoms with van der Waals surface area (Å²) in [5, 5.41) is 0. The van der Waals surface area contributed by atoms with Crippen molar-refractivity contribution < 1.29 is 13.2 Å². The third-order valence-electron chi connectivity index (χ3n) is 7.82. The molecule has 2 aliphatic heterocycles. The van der Waals surface area contributed by atoms with Crippen LogP contribution in [-0.2, 0) is 14.8 Å². The van der Waals surface area contributed by atoms with Crippen LogP contribution in [0.5, 0.6) is 0 Å². The second-order valence-corrected chi connectivity index (χ2v) is 12.2. The smallest absolute Gasteiger partial charge is 0.209 e. The maximum Gasteiger partial charge on any atom is 0.209 e. The van der Waals surface area contributed by atoms with E-state index in [2.05, 4.69) is 53.8 Å². The number of sulfonamides is 1. The Hall–Kier alpha value is -1.70. The highest BCUT2D eigenvalue weighted by Crippen LogP contribution is 2.35. The molecule has 1 aliphatic carbocycles. The molecule has 0 radical (unpaired) electrons. The van der Waals surface area contributed by atoms with Crippen LogP contribution in [0, 0.1) is 5.92 Å². The van der Waals surface area contributed by atoms with Crippen molar-refractivity contribution in [3.8, 4) is 0 Å². The topological polar surface area (TPSA) is 71.0 Å². The Morgan fingerprint density at radius 2 is 1.85 bits per heavy atom. The van der Waals surface area contributed by atoms with E-state index in [1.165, 1.54) is 17.4 Å². The van der Waals surface area contributed by atoms with Crippen molar-refractivity contribution in [1.82, 2.24) is 9.62 Å². The van der Waals surface area contributed by atoms with Crippen LogP contribution in [0.3, 0.4) is 0 Å². The number of likely N-dealkylation sites (tertiary alicyclic amines) is 1. The highest BCUT2D eigenvalue weighted by atomic mass is 32.2. The van der Waals surface area contributed by atoms with Gasteiger partial charge in [-0.1, -0.05) is 49.2 Å². The van der Waals surface area contributed by atoms with E-state index < -0.39 is 10.0 Å². The molecule has 1 aromatic carbocycles. The van der Waals surface area contributed by atoms with Crippen LogP contribution in [0.15, 0.2) is 47.1 Å². The van der Waals surface area contributed by atoms with Crippen LogP contribution in [0.2, 0.25) is 0 Å². The number of ether oxygens (including phenoxy) is 1. The van der Waals surface area contributed by atoms with Crippen LogP contribution in [0.4, 0.5) is 0 Å². The molecule has 0 aromatic heterocycles. The Morgan fingerprint density at radius 1 is 1.12 bits per heavy atom. The average molecular weight is 488 g/mol. The second kappa shape index (κ2) is 11.4. The van der Waals surface area contributed by atoms with Gasteiger partial charge in [-0.15, -0.1) is 0 Å². The molecule has 2 heterocycles. The number of hydrogen-bond acceptors (Lipinski definition) is 5.